The van der Waals surface area contributed by atoms with Crippen LogP contribution in [0.4, 0.5) is 0 Å². The minimum atomic E-state index is 0.420. The molecule has 0 nitrogen and oxygen atoms in total. The Morgan fingerprint density at radius 3 is 1.86 bits per heavy atom. The number of benzene rings is 1. The van der Waals surface area contributed by atoms with Gasteiger partial charge in [-0.25, -0.2) is 0 Å². The van der Waals surface area contributed by atoms with Gasteiger partial charge < -0.3 is 0 Å². The number of hydrogen-bond acceptors (Lipinski definition) is 0. The van der Waals surface area contributed by atoms with Crippen LogP contribution in [0, 0.1) is 10.8 Å². The summed E-state index contributed by atoms with van der Waals surface area (Å²) in [6.45, 7) is 14.5. The lowest BCUT2D eigenvalue weighted by molar-refractivity contribution is 0.149. The largest absolute Gasteiger partial charge is 0.0649 e. The molecule has 2 rings (SSSR count). The van der Waals surface area contributed by atoms with Crippen LogP contribution in [0.25, 0.3) is 0 Å². The first-order chi connectivity index (χ1) is 10.4. The molecule has 1 aromatic rings. The summed E-state index contributed by atoms with van der Waals surface area (Å²) in [6, 6.07) is 7.39. The van der Waals surface area contributed by atoms with Gasteiger partial charge in [-0.3, -0.25) is 0 Å². The summed E-state index contributed by atoms with van der Waals surface area (Å²) in [5.74, 6) is 0.693. The summed E-state index contributed by atoms with van der Waals surface area (Å²) < 4.78 is 0. The van der Waals surface area contributed by atoms with Crippen molar-refractivity contribution in [3.63, 3.8) is 0 Å². The van der Waals surface area contributed by atoms with Gasteiger partial charge in [-0.2, -0.15) is 0 Å². The molecule has 0 radical (unpaired) electrons. The van der Waals surface area contributed by atoms with Gasteiger partial charge >= 0.3 is 0 Å². The zero-order valence-electron chi connectivity index (χ0n) is 15.8. The molecule has 0 heteroatoms. The van der Waals surface area contributed by atoms with E-state index >= 15 is 0 Å². The van der Waals surface area contributed by atoms with Gasteiger partial charge in [0.1, 0.15) is 0 Å². The fourth-order valence-corrected chi connectivity index (χ4v) is 3.97. The van der Waals surface area contributed by atoms with Crippen LogP contribution in [-0.2, 0) is 12.8 Å². The van der Waals surface area contributed by atoms with E-state index in [-0.39, 0.29) is 0 Å². The topological polar surface area (TPSA) is 0 Å². The molecule has 0 N–H and O–H groups in total. The summed E-state index contributed by atoms with van der Waals surface area (Å²) >= 11 is 0. The molecule has 1 atom stereocenters. The minimum absolute atomic E-state index is 0.420. The Hall–Kier alpha value is -0.780. The number of fused-ring (bicyclic) bond motifs is 1. The average molecular weight is 301 g/mol. The van der Waals surface area contributed by atoms with Gasteiger partial charge in [0.2, 0.25) is 0 Å². The van der Waals surface area contributed by atoms with Crippen LogP contribution < -0.4 is 0 Å². The average Bonchev–Trinajstić information content (AvgIpc) is 2.53. The second-order valence-corrected chi connectivity index (χ2v) is 8.16. The van der Waals surface area contributed by atoms with Crippen molar-refractivity contribution in [1.29, 1.82) is 0 Å². The fraction of sp³-hybridized carbons (Fsp3) is 0.727. The molecule has 0 amide bonds. The van der Waals surface area contributed by atoms with Crippen LogP contribution >= 0.6 is 0 Å². The van der Waals surface area contributed by atoms with Crippen molar-refractivity contribution in [3.8, 4) is 0 Å². The monoisotopic (exact) mass is 300 g/mol. The van der Waals surface area contributed by atoms with Gasteiger partial charge in [0, 0.05) is 0 Å². The molecule has 22 heavy (non-hydrogen) atoms. The van der Waals surface area contributed by atoms with Crippen LogP contribution in [0.5, 0.6) is 0 Å². The third-order valence-electron chi connectivity index (χ3n) is 7.16. The Balaban J connectivity index is 2.38. The van der Waals surface area contributed by atoms with Crippen molar-refractivity contribution in [2.75, 3.05) is 0 Å². The third-order valence-corrected chi connectivity index (χ3v) is 7.16. The molecule has 1 aliphatic rings. The SMILES string of the molecule is CCC(C)(CC)CC(c1ccc2c(c1)CC2)C(C)(CC)CC. The zero-order valence-corrected chi connectivity index (χ0v) is 15.8. The molecule has 0 bridgehead atoms. The molecule has 0 fully saturated rings. The zero-order chi connectivity index (χ0) is 16.4. The van der Waals surface area contributed by atoms with Crippen molar-refractivity contribution >= 4 is 0 Å². The second kappa shape index (κ2) is 6.77. The van der Waals surface area contributed by atoms with E-state index in [0.29, 0.717) is 16.7 Å². The van der Waals surface area contributed by atoms with Gasteiger partial charge in [-0.05, 0) is 52.7 Å². The van der Waals surface area contributed by atoms with Gasteiger partial charge in [-0.1, -0.05) is 85.4 Å². The molecule has 1 aromatic carbocycles. The highest BCUT2D eigenvalue weighted by Crippen LogP contribution is 2.50. The highest BCUT2D eigenvalue weighted by Gasteiger charge is 2.37. The van der Waals surface area contributed by atoms with Gasteiger partial charge in [0.05, 0.1) is 0 Å². The summed E-state index contributed by atoms with van der Waals surface area (Å²) in [4.78, 5) is 0. The van der Waals surface area contributed by atoms with E-state index in [2.05, 4.69) is 59.7 Å². The lowest BCUT2D eigenvalue weighted by Crippen LogP contribution is -2.30. The first-order valence-corrected chi connectivity index (χ1v) is 9.53. The minimum Gasteiger partial charge on any atom is -0.0649 e. The van der Waals surface area contributed by atoms with E-state index in [1.165, 1.54) is 44.9 Å². The van der Waals surface area contributed by atoms with Crippen LogP contribution in [-0.4, -0.2) is 0 Å². The molecule has 1 unspecified atom stereocenters. The first kappa shape index (κ1) is 17.6. The predicted octanol–water partition coefficient (Wildman–Crippen LogP) is 6.91. The number of rotatable bonds is 8. The summed E-state index contributed by atoms with van der Waals surface area (Å²) in [5.41, 5.74) is 5.71. The normalized spacial score (nSPS) is 16.1. The Bertz CT molecular complexity index is 489. The molecule has 0 saturated carbocycles. The van der Waals surface area contributed by atoms with E-state index in [0.717, 1.165) is 0 Å². The van der Waals surface area contributed by atoms with Crippen molar-refractivity contribution in [2.45, 2.75) is 92.4 Å². The molecule has 0 aromatic heterocycles. The lowest BCUT2D eigenvalue weighted by Gasteiger charge is -2.42. The standard InChI is InChI=1S/C22H36/c1-7-21(5,8-2)16-20(22(6,9-3)10-4)19-14-12-17-11-13-18(17)15-19/h12,14-15,20H,7-11,13,16H2,1-6H3. The van der Waals surface area contributed by atoms with E-state index in [9.17, 15) is 0 Å². The molecular formula is C22H36. The number of hydrogen-bond donors (Lipinski definition) is 0. The molecule has 0 spiro atoms. The van der Waals surface area contributed by atoms with Crippen LogP contribution in [0.15, 0.2) is 18.2 Å². The van der Waals surface area contributed by atoms with E-state index in [1.54, 1.807) is 16.7 Å². The first-order valence-electron chi connectivity index (χ1n) is 9.53. The van der Waals surface area contributed by atoms with Crippen LogP contribution in [0.3, 0.4) is 0 Å². The fourth-order valence-electron chi connectivity index (χ4n) is 3.97. The summed E-state index contributed by atoms with van der Waals surface area (Å²) in [5, 5.41) is 0. The Morgan fingerprint density at radius 1 is 0.864 bits per heavy atom. The smallest absolute Gasteiger partial charge is 0.0103 e. The lowest BCUT2D eigenvalue weighted by atomic mass is 9.62. The van der Waals surface area contributed by atoms with Crippen molar-refractivity contribution in [2.24, 2.45) is 10.8 Å². The maximum absolute atomic E-state index is 2.54. The maximum Gasteiger partial charge on any atom is -0.0103 e. The van der Waals surface area contributed by atoms with Crippen molar-refractivity contribution in [3.05, 3.63) is 34.9 Å². The Morgan fingerprint density at radius 2 is 1.45 bits per heavy atom. The van der Waals surface area contributed by atoms with Crippen molar-refractivity contribution in [1.82, 2.24) is 0 Å². The number of aryl methyl sites for hydroxylation is 2. The van der Waals surface area contributed by atoms with E-state index in [4.69, 9.17) is 0 Å². The van der Waals surface area contributed by atoms with Crippen LogP contribution in [0.2, 0.25) is 0 Å². The quantitative estimate of drug-likeness (QED) is 0.489. The van der Waals surface area contributed by atoms with Gasteiger partial charge in [-0.15, -0.1) is 0 Å². The van der Waals surface area contributed by atoms with Crippen LogP contribution in [0.1, 0.15) is 96.3 Å². The summed E-state index contributed by atoms with van der Waals surface area (Å²) in [7, 11) is 0. The second-order valence-electron chi connectivity index (χ2n) is 8.16. The predicted molar refractivity (Wildman–Crippen MR) is 98.6 cm³/mol. The molecule has 124 valence electrons. The highest BCUT2D eigenvalue weighted by atomic mass is 14.4. The molecule has 0 aliphatic heterocycles. The molecule has 0 saturated heterocycles. The highest BCUT2D eigenvalue weighted by molar-refractivity contribution is 5.40. The van der Waals surface area contributed by atoms with Gasteiger partial charge in [0.15, 0.2) is 0 Å². The molecule has 1 aliphatic carbocycles. The van der Waals surface area contributed by atoms with E-state index < -0.39 is 0 Å². The van der Waals surface area contributed by atoms with Crippen molar-refractivity contribution < 1.29 is 0 Å². The van der Waals surface area contributed by atoms with Gasteiger partial charge in [0.25, 0.3) is 0 Å². The Labute approximate surface area is 138 Å². The summed E-state index contributed by atoms with van der Waals surface area (Å²) in [6.07, 6.45) is 9.04. The van der Waals surface area contributed by atoms with E-state index in [1.807, 2.05) is 0 Å². The molecule has 0 heterocycles. The maximum atomic E-state index is 2.54. The third kappa shape index (κ3) is 3.26. The Kier molecular flexibility index (Phi) is 5.41. The molecular weight excluding hydrogens is 264 g/mol.